The summed E-state index contributed by atoms with van der Waals surface area (Å²) in [6.07, 6.45) is 4.70. The lowest BCUT2D eigenvalue weighted by atomic mass is 10.0. The summed E-state index contributed by atoms with van der Waals surface area (Å²) in [5.74, 6) is 1.18. The molecule has 4 aromatic heterocycles. The van der Waals surface area contributed by atoms with Crippen LogP contribution in [0.1, 0.15) is 0 Å². The van der Waals surface area contributed by atoms with E-state index >= 15 is 0 Å². The van der Waals surface area contributed by atoms with E-state index in [1.54, 1.807) is 49.1 Å². The van der Waals surface area contributed by atoms with Crippen LogP contribution >= 0.6 is 0 Å². The number of nitrogens with zero attached hydrogens (tertiary/aromatic N) is 2. The number of rotatable bonds is 3. The van der Waals surface area contributed by atoms with E-state index in [1.165, 1.54) is 6.07 Å². The molecular weight excluding hydrogens is 308 g/mol. The molecule has 0 aliphatic rings. The molecule has 0 aliphatic heterocycles. The van der Waals surface area contributed by atoms with Crippen molar-refractivity contribution < 1.29 is 8.83 Å². The summed E-state index contributed by atoms with van der Waals surface area (Å²) in [5.41, 5.74) is 8.09. The Morgan fingerprint density at radius 2 is 1.54 bits per heavy atom. The molecule has 0 unspecified atom stereocenters. The SMILES string of the molecule is Nc1nc(-c2ccco2)c(-c2ccc(=O)[nH]c2)c(-c2ccco2)n1. The molecule has 4 rings (SSSR count). The highest BCUT2D eigenvalue weighted by Gasteiger charge is 2.21. The topological polar surface area (TPSA) is 111 Å². The van der Waals surface area contributed by atoms with Crippen LogP contribution in [-0.4, -0.2) is 15.0 Å². The second-order valence-corrected chi connectivity index (χ2v) is 5.05. The Balaban J connectivity index is 2.07. The van der Waals surface area contributed by atoms with Crippen LogP contribution in [0.4, 0.5) is 5.95 Å². The van der Waals surface area contributed by atoms with E-state index in [0.29, 0.717) is 34.0 Å². The molecule has 0 aliphatic carbocycles. The number of nitrogens with one attached hydrogen (secondary N) is 1. The van der Waals surface area contributed by atoms with Gasteiger partial charge in [0.2, 0.25) is 11.5 Å². The molecular formula is C17H12N4O3. The summed E-state index contributed by atoms with van der Waals surface area (Å²) >= 11 is 0. The lowest BCUT2D eigenvalue weighted by Gasteiger charge is -2.12. The van der Waals surface area contributed by atoms with Gasteiger partial charge in [-0.3, -0.25) is 4.79 Å². The minimum Gasteiger partial charge on any atom is -0.463 e. The van der Waals surface area contributed by atoms with Gasteiger partial charge in [-0.15, -0.1) is 0 Å². The van der Waals surface area contributed by atoms with Crippen LogP contribution in [0.5, 0.6) is 0 Å². The van der Waals surface area contributed by atoms with Crippen LogP contribution in [0.15, 0.2) is 68.8 Å². The zero-order chi connectivity index (χ0) is 16.5. The fourth-order valence-electron chi connectivity index (χ4n) is 2.50. The Morgan fingerprint density at radius 1 is 0.917 bits per heavy atom. The Bertz CT molecular complexity index is 958. The van der Waals surface area contributed by atoms with Gasteiger partial charge in [0.05, 0.1) is 12.5 Å². The van der Waals surface area contributed by atoms with Crippen LogP contribution in [0.25, 0.3) is 34.0 Å². The van der Waals surface area contributed by atoms with E-state index in [0.717, 1.165) is 0 Å². The van der Waals surface area contributed by atoms with Crippen molar-refractivity contribution in [1.82, 2.24) is 15.0 Å². The zero-order valence-electron chi connectivity index (χ0n) is 12.4. The van der Waals surface area contributed by atoms with E-state index in [1.807, 2.05) is 0 Å². The van der Waals surface area contributed by atoms with E-state index in [-0.39, 0.29) is 11.5 Å². The number of aromatic nitrogens is 3. The maximum Gasteiger partial charge on any atom is 0.247 e. The largest absolute Gasteiger partial charge is 0.463 e. The van der Waals surface area contributed by atoms with Crippen molar-refractivity contribution in [2.24, 2.45) is 0 Å². The van der Waals surface area contributed by atoms with Crippen LogP contribution in [0, 0.1) is 0 Å². The average molecular weight is 320 g/mol. The van der Waals surface area contributed by atoms with Gasteiger partial charge >= 0.3 is 0 Å². The summed E-state index contributed by atoms with van der Waals surface area (Å²) in [7, 11) is 0. The molecule has 4 heterocycles. The van der Waals surface area contributed by atoms with E-state index in [2.05, 4.69) is 15.0 Å². The number of aromatic amines is 1. The third kappa shape index (κ3) is 2.38. The second-order valence-electron chi connectivity index (χ2n) is 5.05. The monoisotopic (exact) mass is 320 g/mol. The zero-order valence-corrected chi connectivity index (χ0v) is 12.4. The predicted octanol–water partition coefficient (Wildman–Crippen LogP) is 2.93. The van der Waals surface area contributed by atoms with E-state index in [4.69, 9.17) is 14.6 Å². The number of furan rings is 2. The maximum absolute atomic E-state index is 11.4. The standard InChI is InChI=1S/C17H12N4O3/c18-17-20-15(11-3-1-7-23-11)14(10-5-6-13(22)19-9-10)16(21-17)12-4-2-8-24-12/h1-9H,(H,19,22)(H2,18,20,21). The first-order valence-electron chi connectivity index (χ1n) is 7.17. The minimum atomic E-state index is -0.200. The molecule has 0 bridgehead atoms. The highest BCUT2D eigenvalue weighted by Crippen LogP contribution is 2.38. The molecule has 7 nitrogen and oxygen atoms in total. The van der Waals surface area contributed by atoms with Crippen molar-refractivity contribution in [2.45, 2.75) is 0 Å². The van der Waals surface area contributed by atoms with Gasteiger partial charge in [0.25, 0.3) is 0 Å². The summed E-state index contributed by atoms with van der Waals surface area (Å²) in [6, 6.07) is 10.2. The number of anilines is 1. The Kier molecular flexibility index (Phi) is 3.24. The second kappa shape index (κ2) is 5.54. The summed E-state index contributed by atoms with van der Waals surface area (Å²) in [5, 5.41) is 0. The third-order valence-electron chi connectivity index (χ3n) is 3.51. The van der Waals surface area contributed by atoms with Gasteiger partial charge in [0, 0.05) is 23.4 Å². The average Bonchev–Trinajstić information content (AvgIpc) is 3.29. The smallest absolute Gasteiger partial charge is 0.247 e. The van der Waals surface area contributed by atoms with Crippen molar-refractivity contribution >= 4 is 5.95 Å². The molecule has 3 N–H and O–H groups in total. The molecule has 0 radical (unpaired) electrons. The lowest BCUT2D eigenvalue weighted by Crippen LogP contribution is -2.05. The maximum atomic E-state index is 11.4. The fraction of sp³-hybridized carbons (Fsp3) is 0. The molecule has 0 amide bonds. The molecule has 0 saturated carbocycles. The van der Waals surface area contributed by atoms with Crippen molar-refractivity contribution in [3.05, 3.63) is 65.5 Å². The van der Waals surface area contributed by atoms with Gasteiger partial charge in [-0.25, -0.2) is 9.97 Å². The summed E-state index contributed by atoms with van der Waals surface area (Å²) in [6.45, 7) is 0. The number of H-pyrrole nitrogens is 1. The number of nitrogens with two attached hydrogens (primary N) is 1. The highest BCUT2D eigenvalue weighted by molar-refractivity contribution is 5.88. The van der Waals surface area contributed by atoms with Gasteiger partial charge in [0.15, 0.2) is 11.5 Å². The van der Waals surface area contributed by atoms with Gasteiger partial charge in [-0.05, 0) is 30.3 Å². The molecule has 118 valence electrons. The van der Waals surface area contributed by atoms with Crippen molar-refractivity contribution in [1.29, 1.82) is 0 Å². The minimum absolute atomic E-state index is 0.0981. The third-order valence-corrected chi connectivity index (χ3v) is 3.51. The molecule has 7 heteroatoms. The van der Waals surface area contributed by atoms with Gasteiger partial charge in [-0.2, -0.15) is 0 Å². The summed E-state index contributed by atoms with van der Waals surface area (Å²) < 4.78 is 11.0. The summed E-state index contributed by atoms with van der Waals surface area (Å²) in [4.78, 5) is 22.7. The molecule has 0 atom stereocenters. The highest BCUT2D eigenvalue weighted by atomic mass is 16.3. The molecule has 4 aromatic rings. The first-order chi connectivity index (χ1) is 11.7. The van der Waals surface area contributed by atoms with Crippen LogP contribution < -0.4 is 11.3 Å². The van der Waals surface area contributed by atoms with Crippen LogP contribution in [0.3, 0.4) is 0 Å². The molecule has 0 spiro atoms. The van der Waals surface area contributed by atoms with Crippen molar-refractivity contribution in [3.63, 3.8) is 0 Å². The fourth-order valence-corrected chi connectivity index (χ4v) is 2.50. The lowest BCUT2D eigenvalue weighted by molar-refractivity contribution is 0.577. The Hall–Kier alpha value is -3.61. The van der Waals surface area contributed by atoms with Gasteiger partial charge in [0.1, 0.15) is 11.4 Å². The molecule has 0 fully saturated rings. The van der Waals surface area contributed by atoms with Crippen molar-refractivity contribution in [2.75, 3.05) is 5.73 Å². The molecule has 0 aromatic carbocycles. The van der Waals surface area contributed by atoms with Crippen LogP contribution in [-0.2, 0) is 0 Å². The molecule has 0 saturated heterocycles. The molecule has 24 heavy (non-hydrogen) atoms. The Morgan fingerprint density at radius 3 is 2.00 bits per heavy atom. The predicted molar refractivity (Wildman–Crippen MR) is 87.9 cm³/mol. The van der Waals surface area contributed by atoms with Gasteiger partial charge < -0.3 is 19.6 Å². The first kappa shape index (κ1) is 14.0. The number of pyridine rings is 1. The van der Waals surface area contributed by atoms with Crippen molar-refractivity contribution in [3.8, 4) is 34.0 Å². The first-order valence-corrected chi connectivity index (χ1v) is 7.17. The Labute approximate surface area is 135 Å². The number of hydrogen-bond donors (Lipinski definition) is 2. The van der Waals surface area contributed by atoms with Crippen LogP contribution in [0.2, 0.25) is 0 Å². The van der Waals surface area contributed by atoms with Gasteiger partial charge in [-0.1, -0.05) is 0 Å². The number of nitrogen functional groups attached to an aromatic ring is 1. The van der Waals surface area contributed by atoms with E-state index in [9.17, 15) is 4.79 Å². The normalized spacial score (nSPS) is 10.8. The number of hydrogen-bond acceptors (Lipinski definition) is 6. The van der Waals surface area contributed by atoms with E-state index < -0.39 is 0 Å². The quantitative estimate of drug-likeness (QED) is 0.600.